The summed E-state index contributed by atoms with van der Waals surface area (Å²) in [7, 11) is 3.97. The Morgan fingerprint density at radius 3 is 1.21 bits per heavy atom. The number of ether oxygens (including phenoxy) is 1. The number of aromatic nitrogens is 17. The summed E-state index contributed by atoms with van der Waals surface area (Å²) in [5, 5.41) is 31.1. The van der Waals surface area contributed by atoms with E-state index in [9.17, 15) is 35.8 Å². The summed E-state index contributed by atoms with van der Waals surface area (Å²) < 4.78 is 103. The van der Waals surface area contributed by atoms with Crippen molar-refractivity contribution in [2.45, 2.75) is 12.8 Å². The standard InChI is InChI=1S/C23H21ClFN5O.C20H14ClFN4O.C19H13ClFN5.C19H11F4N5.C18H13N5/c1-30(2)10-11-31-22-14-26-9-7-19(22)28-20-13-21(17-12-15(24)5-6-18(17)25)29-23-16(20)4-3-8-27-23;21-13-3-4-16(22)15(8-13)19-9-18(14-2-1-6-24-20(14)26-19)25-17-5-7-23-10-12(17)11-27;20-11-3-4-14(21)13(8-11)18-9-17(12-2-1-6-24-19(12)26-18)25-16-5-7-23-10-15(16)22;20-14-4-3-11(19(21,22)23)8-13(14)16-9-15(27-17-5-7-24-10-26-17)12-2-1-6-25-18(12)28-16;1-2-8-20-15(5-1)17-12-16(22-13-6-10-19-11-7-13)14-4-3-9-21-18(14)23-17/h3-9,12-14H,10-11H2,1-2H3,(H,26,27,28,29);1-10,27H,11H2,(H,23,24,25,26);1-10H,22H2,(H,23,24,25,26);1-10H,(H,24,25,26,27,28);1-12H,(H,19,21,22,23). The topological polar surface area (TPSA) is 338 Å². The van der Waals surface area contributed by atoms with Crippen molar-refractivity contribution in [3.05, 3.63) is 367 Å². The van der Waals surface area contributed by atoms with Gasteiger partial charge >= 0.3 is 6.18 Å². The zero-order valence-electron chi connectivity index (χ0n) is 70.9. The molecule has 0 amide bonds. The quantitative estimate of drug-likeness (QED) is 0.0349. The fraction of sp³-hybridized carbons (Fsp3) is 0.0606. The van der Waals surface area contributed by atoms with Crippen molar-refractivity contribution >= 4 is 153 Å². The SMILES string of the molecule is CN(C)CCOc1cnccc1Nc1cc(-c2cc(Cl)ccc2F)nc2ncccc12.Fc1ccc(C(F)(F)F)cc1-c1cc(Nc2ccncn2)c2cccnc2n1.Nc1cnccc1Nc1cc(-c2cc(Cl)ccc2F)nc2ncccc12.OCc1cnccc1Nc1cc(-c2cc(Cl)ccc2F)nc2ncccc12.c1ccc(-c2cc(Nc3ccncc3)c3cccnc3n2)nc1. The van der Waals surface area contributed by atoms with Crippen LogP contribution in [0.3, 0.4) is 0 Å². The first kappa shape index (κ1) is 91.7. The average molecular weight is 1870 g/mol. The molecule has 20 rings (SSSR count). The molecule has 0 spiro atoms. The summed E-state index contributed by atoms with van der Waals surface area (Å²) in [5.41, 5.74) is 18.7. The van der Waals surface area contributed by atoms with Crippen molar-refractivity contribution in [2.75, 3.05) is 59.6 Å². The minimum Gasteiger partial charge on any atom is -0.488 e. The lowest BCUT2D eigenvalue weighted by atomic mass is 10.0. The first-order valence-corrected chi connectivity index (χ1v) is 42.1. The van der Waals surface area contributed by atoms with Crippen molar-refractivity contribution < 1.29 is 40.6 Å². The van der Waals surface area contributed by atoms with Gasteiger partial charge in [0.2, 0.25) is 0 Å². The molecule has 0 radical (unpaired) electrons. The zero-order valence-corrected chi connectivity index (χ0v) is 73.2. The number of benzene rings is 4. The van der Waals surface area contributed by atoms with Crippen LogP contribution in [0.2, 0.25) is 15.1 Å². The highest BCUT2D eigenvalue weighted by Crippen LogP contribution is 2.41. The summed E-state index contributed by atoms with van der Waals surface area (Å²) in [4.78, 5) is 74.3. The highest BCUT2D eigenvalue weighted by molar-refractivity contribution is 6.31. The average Bonchev–Trinajstić information content (AvgIpc) is 0.800. The molecule has 20 aromatic rings. The number of alkyl halides is 3. The van der Waals surface area contributed by atoms with Crippen molar-refractivity contribution in [3.8, 4) is 62.2 Å². The van der Waals surface area contributed by atoms with Crippen LogP contribution in [0.1, 0.15) is 11.1 Å². The highest BCUT2D eigenvalue weighted by atomic mass is 35.5. The Morgan fingerprint density at radius 2 is 0.756 bits per heavy atom. The third-order valence-corrected chi connectivity index (χ3v) is 20.9. The number of likely N-dealkylation sites (N-methyl/N-ethyl adjacent to an activating group) is 1. The normalized spacial score (nSPS) is 11.0. The van der Waals surface area contributed by atoms with Crippen LogP contribution in [0.5, 0.6) is 5.75 Å². The van der Waals surface area contributed by atoms with E-state index in [0.717, 1.165) is 74.4 Å². The van der Waals surface area contributed by atoms with Crippen molar-refractivity contribution in [2.24, 2.45) is 0 Å². The maximum atomic E-state index is 14.5. The number of nitrogen functional groups attached to an aromatic ring is 1. The molecule has 4 aromatic carbocycles. The monoisotopic (exact) mass is 1870 g/mol. The zero-order chi connectivity index (χ0) is 93.9. The number of aliphatic hydroxyl groups is 1. The molecule has 16 heterocycles. The van der Waals surface area contributed by atoms with Gasteiger partial charge in [-0.05, 0) is 226 Å². The van der Waals surface area contributed by atoms with Crippen LogP contribution in [-0.4, -0.2) is 122 Å². The molecule has 0 unspecified atom stereocenters. The lowest BCUT2D eigenvalue weighted by molar-refractivity contribution is -0.137. The van der Waals surface area contributed by atoms with Crippen LogP contribution in [0.4, 0.5) is 93.4 Å². The van der Waals surface area contributed by atoms with Gasteiger partial charge in [0.25, 0.3) is 0 Å². The molecular weight excluding hydrogens is 1800 g/mol. The summed E-state index contributed by atoms with van der Waals surface area (Å²) in [6, 6.07) is 59.0. The Bertz CT molecular complexity index is 7640. The lowest BCUT2D eigenvalue weighted by Crippen LogP contribution is -2.19. The molecule has 26 nitrogen and oxygen atoms in total. The predicted octanol–water partition coefficient (Wildman–Crippen LogP) is 23.5. The fourth-order valence-electron chi connectivity index (χ4n) is 13.6. The Morgan fingerprint density at radius 1 is 0.356 bits per heavy atom. The third-order valence-electron chi connectivity index (χ3n) is 20.1. The Balaban J connectivity index is 0.000000123. The van der Waals surface area contributed by atoms with Gasteiger partial charge in [-0.15, -0.1) is 0 Å². The number of rotatable bonds is 20. The van der Waals surface area contributed by atoms with Crippen LogP contribution in [-0.2, 0) is 12.8 Å². The summed E-state index contributed by atoms with van der Waals surface area (Å²) in [6.45, 7) is 1.13. The van der Waals surface area contributed by atoms with Gasteiger partial charge in [-0.3, -0.25) is 24.9 Å². The molecule has 8 N–H and O–H groups in total. The third kappa shape index (κ3) is 22.9. The molecule has 135 heavy (non-hydrogen) atoms. The summed E-state index contributed by atoms with van der Waals surface area (Å²) in [6.07, 6.45) is 21.5. The first-order valence-electron chi connectivity index (χ1n) is 41.0. The number of fused-ring (bicyclic) bond motifs is 5. The molecule has 16 aromatic heterocycles. The van der Waals surface area contributed by atoms with Gasteiger partial charge in [0.05, 0.1) is 104 Å². The van der Waals surface area contributed by atoms with E-state index in [1.54, 1.807) is 147 Å². The number of halogens is 10. The second-order valence-electron chi connectivity index (χ2n) is 29.6. The minimum absolute atomic E-state index is 0.0198. The maximum Gasteiger partial charge on any atom is 0.416 e. The van der Waals surface area contributed by atoms with Crippen molar-refractivity contribution in [3.63, 3.8) is 0 Å². The van der Waals surface area contributed by atoms with Crippen molar-refractivity contribution in [1.29, 1.82) is 0 Å². The Hall–Kier alpha value is -16.6. The number of hydrogen-bond donors (Lipinski definition) is 7. The van der Waals surface area contributed by atoms with Gasteiger partial charge in [0.1, 0.15) is 42.0 Å². The largest absolute Gasteiger partial charge is 0.488 e. The Kier molecular flexibility index (Phi) is 28.9. The molecule has 0 aliphatic carbocycles. The van der Waals surface area contributed by atoms with E-state index in [4.69, 9.17) is 45.3 Å². The second-order valence-corrected chi connectivity index (χ2v) is 30.9. The number of nitrogens with zero attached hydrogens (tertiary/aromatic N) is 18. The van der Waals surface area contributed by atoms with E-state index in [1.807, 2.05) is 104 Å². The van der Waals surface area contributed by atoms with Gasteiger partial charge in [-0.1, -0.05) is 40.9 Å². The molecule has 36 heteroatoms. The fourth-order valence-corrected chi connectivity index (χ4v) is 14.2. The van der Waals surface area contributed by atoms with Crippen LogP contribution in [0, 0.1) is 23.3 Å². The van der Waals surface area contributed by atoms with Crippen LogP contribution in [0.25, 0.3) is 112 Å². The van der Waals surface area contributed by atoms with Crippen molar-refractivity contribution in [1.82, 2.24) is 89.6 Å². The number of anilines is 11. The first-order chi connectivity index (χ1) is 65.6. The molecule has 0 saturated heterocycles. The molecule has 0 atom stereocenters. The van der Waals surface area contributed by atoms with Gasteiger partial charge in [0.15, 0.2) is 34.0 Å². The van der Waals surface area contributed by atoms with Crippen LogP contribution >= 0.6 is 34.8 Å². The van der Waals surface area contributed by atoms with E-state index in [2.05, 4.69) is 111 Å². The predicted molar refractivity (Wildman–Crippen MR) is 512 cm³/mol. The molecule has 0 aliphatic heterocycles. The Labute approximate surface area is 779 Å². The number of nitrogens with two attached hydrogens (primary N) is 1. The number of nitrogens with one attached hydrogen (secondary N) is 5. The van der Waals surface area contributed by atoms with Crippen LogP contribution in [0.15, 0.2) is 318 Å². The number of pyridine rings is 15. The molecule has 0 bridgehead atoms. The molecule has 0 saturated carbocycles. The van der Waals surface area contributed by atoms with Gasteiger partial charge < -0.3 is 47.1 Å². The number of hydrogen-bond acceptors (Lipinski definition) is 26. The van der Waals surface area contributed by atoms with Gasteiger partial charge in [-0.2, -0.15) is 13.2 Å². The minimum atomic E-state index is -4.60. The molecule has 670 valence electrons. The molecular formula is C99H72Cl3F7N24O2. The second kappa shape index (κ2) is 42.5. The number of aliphatic hydroxyl groups excluding tert-OH is 1. The maximum absolute atomic E-state index is 14.5. The summed E-state index contributed by atoms with van der Waals surface area (Å²) >= 11 is 18.2. The van der Waals surface area contributed by atoms with Gasteiger partial charge in [0, 0.05) is 168 Å². The lowest BCUT2D eigenvalue weighted by Gasteiger charge is -2.16. The van der Waals surface area contributed by atoms with Gasteiger partial charge in [-0.25, -0.2) is 77.4 Å². The molecule has 0 aliphatic rings. The van der Waals surface area contributed by atoms with Crippen LogP contribution < -0.4 is 37.1 Å². The smallest absolute Gasteiger partial charge is 0.416 e. The summed E-state index contributed by atoms with van der Waals surface area (Å²) in [5.74, 6) is -0.978. The highest BCUT2D eigenvalue weighted by Gasteiger charge is 2.32. The van der Waals surface area contributed by atoms with E-state index in [-0.39, 0.29) is 29.1 Å². The van der Waals surface area contributed by atoms with E-state index in [0.29, 0.717) is 135 Å². The molecule has 0 fully saturated rings. The van der Waals surface area contributed by atoms with E-state index in [1.165, 1.54) is 67.3 Å². The van der Waals surface area contributed by atoms with E-state index >= 15 is 0 Å². The van der Waals surface area contributed by atoms with E-state index < -0.39 is 35.0 Å².